The zero-order chi connectivity index (χ0) is 20.0. The number of likely N-dealkylation sites (N-methyl/N-ethyl adjacent to an activating group) is 1. The molecule has 1 N–H and O–H groups in total. The molecule has 2 aromatic carbocycles. The number of amides is 2. The monoisotopic (exact) mass is 388 g/mol. The van der Waals surface area contributed by atoms with Crippen LogP contribution in [0.25, 0.3) is 0 Å². The minimum absolute atomic E-state index is 0.0168. The smallest absolute Gasteiger partial charge is 0.238 e. The van der Waals surface area contributed by atoms with E-state index in [1.807, 2.05) is 61.6 Å². The molecule has 4 heteroatoms. The van der Waals surface area contributed by atoms with E-state index in [-0.39, 0.29) is 18.2 Å². The number of para-hydroxylation sites is 1. The third-order valence-corrected chi connectivity index (χ3v) is 6.89. The van der Waals surface area contributed by atoms with Gasteiger partial charge in [-0.2, -0.15) is 0 Å². The molecule has 1 unspecified atom stereocenters. The lowest BCUT2D eigenvalue weighted by atomic mass is 9.73. The number of fused-ring (bicyclic) bond motifs is 1. The molecule has 2 fully saturated rings. The predicted molar refractivity (Wildman–Crippen MR) is 114 cm³/mol. The molecule has 1 heterocycles. The van der Waals surface area contributed by atoms with Crippen molar-refractivity contribution in [3.8, 4) is 0 Å². The number of rotatable bonds is 7. The van der Waals surface area contributed by atoms with Gasteiger partial charge in [-0.3, -0.25) is 9.59 Å². The van der Waals surface area contributed by atoms with Crippen molar-refractivity contribution < 1.29 is 9.59 Å². The molecule has 29 heavy (non-hydrogen) atoms. The van der Waals surface area contributed by atoms with Gasteiger partial charge in [-0.15, -0.1) is 0 Å². The maximum atomic E-state index is 13.5. The van der Waals surface area contributed by atoms with Gasteiger partial charge in [0.1, 0.15) is 0 Å². The molecule has 2 aromatic rings. The van der Waals surface area contributed by atoms with Gasteiger partial charge in [-0.05, 0) is 61.1 Å². The molecule has 0 radical (unpaired) electrons. The summed E-state index contributed by atoms with van der Waals surface area (Å²) in [5.41, 5.74) is 2.14. The van der Waals surface area contributed by atoms with Gasteiger partial charge in [0, 0.05) is 25.2 Å². The molecule has 150 valence electrons. The van der Waals surface area contributed by atoms with E-state index >= 15 is 0 Å². The summed E-state index contributed by atoms with van der Waals surface area (Å²) in [6.45, 7) is 0. The minimum atomic E-state index is -0.839. The Labute approximate surface area is 172 Å². The minimum Gasteiger partial charge on any atom is -0.353 e. The Kier molecular flexibility index (Phi) is 4.45. The Bertz CT molecular complexity index is 921. The molecule has 3 aliphatic rings. The fourth-order valence-electron chi connectivity index (χ4n) is 5.11. The maximum Gasteiger partial charge on any atom is 0.238 e. The number of carbonyl (C=O) groups excluding carboxylic acids is 2. The number of carbonyl (C=O) groups is 2. The van der Waals surface area contributed by atoms with E-state index < -0.39 is 5.41 Å². The van der Waals surface area contributed by atoms with Crippen molar-refractivity contribution in [1.29, 1.82) is 0 Å². The van der Waals surface area contributed by atoms with Gasteiger partial charge in [-0.25, -0.2) is 0 Å². The fraction of sp³-hybridized carbons (Fsp3) is 0.440. The number of nitrogens with one attached hydrogen (secondary N) is 1. The lowest BCUT2D eigenvalue weighted by Gasteiger charge is -2.29. The lowest BCUT2D eigenvalue weighted by Crippen LogP contribution is -2.47. The van der Waals surface area contributed by atoms with Crippen LogP contribution in [0, 0.1) is 11.8 Å². The van der Waals surface area contributed by atoms with Crippen molar-refractivity contribution in [3.63, 3.8) is 0 Å². The number of hydrogen-bond donors (Lipinski definition) is 1. The summed E-state index contributed by atoms with van der Waals surface area (Å²) >= 11 is 0. The summed E-state index contributed by atoms with van der Waals surface area (Å²) < 4.78 is 0. The summed E-state index contributed by atoms with van der Waals surface area (Å²) in [5, 5.41) is 3.33. The number of hydrogen-bond acceptors (Lipinski definition) is 2. The second kappa shape index (κ2) is 7.01. The molecular formula is C25H28N2O2. The van der Waals surface area contributed by atoms with Crippen molar-refractivity contribution >= 4 is 17.5 Å². The van der Waals surface area contributed by atoms with Crippen LogP contribution < -0.4 is 10.2 Å². The van der Waals surface area contributed by atoms with Crippen LogP contribution in [-0.4, -0.2) is 24.9 Å². The van der Waals surface area contributed by atoms with Gasteiger partial charge < -0.3 is 10.2 Å². The second-order valence-corrected chi connectivity index (χ2v) is 9.07. The highest BCUT2D eigenvalue weighted by Gasteiger charge is 2.51. The predicted octanol–water partition coefficient (Wildman–Crippen LogP) is 3.84. The molecule has 2 aliphatic carbocycles. The van der Waals surface area contributed by atoms with Crippen molar-refractivity contribution in [2.24, 2.45) is 11.8 Å². The highest BCUT2D eigenvalue weighted by atomic mass is 16.2. The topological polar surface area (TPSA) is 49.4 Å². The summed E-state index contributed by atoms with van der Waals surface area (Å²) in [6.07, 6.45) is 5.64. The van der Waals surface area contributed by atoms with Crippen molar-refractivity contribution in [1.82, 2.24) is 5.32 Å². The molecule has 2 amide bonds. The first-order valence-electron chi connectivity index (χ1n) is 10.8. The summed E-state index contributed by atoms with van der Waals surface area (Å²) in [6, 6.07) is 18.3. The third kappa shape index (κ3) is 3.35. The molecule has 0 aromatic heterocycles. The molecule has 0 spiro atoms. The summed E-state index contributed by atoms with van der Waals surface area (Å²) in [7, 11) is 1.82. The average Bonchev–Trinajstić information content (AvgIpc) is 3.64. The molecule has 5 rings (SSSR count). The van der Waals surface area contributed by atoms with Crippen LogP contribution in [0.15, 0.2) is 54.6 Å². The van der Waals surface area contributed by atoms with E-state index in [4.69, 9.17) is 0 Å². The van der Waals surface area contributed by atoms with Crippen LogP contribution in [0.5, 0.6) is 0 Å². The molecular weight excluding hydrogens is 360 g/mol. The van der Waals surface area contributed by atoms with Crippen LogP contribution in [0.4, 0.5) is 5.69 Å². The third-order valence-electron chi connectivity index (χ3n) is 6.89. The SMILES string of the molecule is CN1C(=O)C(CC(=O)NC(C2CC2)C2CC2)(Cc2ccccc2)c2ccccc21. The van der Waals surface area contributed by atoms with E-state index in [1.165, 1.54) is 25.7 Å². The molecule has 1 atom stereocenters. The largest absolute Gasteiger partial charge is 0.353 e. The lowest BCUT2D eigenvalue weighted by molar-refractivity contribution is -0.130. The van der Waals surface area contributed by atoms with Gasteiger partial charge in [0.15, 0.2) is 0 Å². The normalized spacial score (nSPS) is 23.4. The van der Waals surface area contributed by atoms with Crippen LogP contribution >= 0.6 is 0 Å². The summed E-state index contributed by atoms with van der Waals surface area (Å²) in [4.78, 5) is 28.5. The average molecular weight is 389 g/mol. The van der Waals surface area contributed by atoms with E-state index in [1.54, 1.807) is 4.90 Å². The van der Waals surface area contributed by atoms with E-state index in [0.29, 0.717) is 24.3 Å². The Morgan fingerprint density at radius 2 is 1.66 bits per heavy atom. The Morgan fingerprint density at radius 3 is 2.31 bits per heavy atom. The zero-order valence-corrected chi connectivity index (χ0v) is 16.9. The van der Waals surface area contributed by atoms with E-state index in [9.17, 15) is 9.59 Å². The number of nitrogens with zero attached hydrogens (tertiary/aromatic N) is 1. The first-order chi connectivity index (χ1) is 14.1. The van der Waals surface area contributed by atoms with Gasteiger partial charge in [-0.1, -0.05) is 48.5 Å². The Morgan fingerprint density at radius 1 is 1.03 bits per heavy atom. The first-order valence-corrected chi connectivity index (χ1v) is 10.8. The molecule has 4 nitrogen and oxygen atoms in total. The molecule has 2 saturated carbocycles. The molecule has 1 aliphatic heterocycles. The van der Waals surface area contributed by atoms with Crippen molar-refractivity contribution in [2.75, 3.05) is 11.9 Å². The van der Waals surface area contributed by atoms with Gasteiger partial charge >= 0.3 is 0 Å². The number of anilines is 1. The van der Waals surface area contributed by atoms with Crippen LogP contribution in [0.3, 0.4) is 0 Å². The maximum absolute atomic E-state index is 13.5. The first kappa shape index (κ1) is 18.4. The second-order valence-electron chi connectivity index (χ2n) is 9.07. The van der Waals surface area contributed by atoms with E-state index in [2.05, 4.69) is 5.32 Å². The van der Waals surface area contributed by atoms with E-state index in [0.717, 1.165) is 16.8 Å². The summed E-state index contributed by atoms with van der Waals surface area (Å²) in [5.74, 6) is 1.33. The van der Waals surface area contributed by atoms with Gasteiger partial charge in [0.2, 0.25) is 11.8 Å². The zero-order valence-electron chi connectivity index (χ0n) is 16.9. The van der Waals surface area contributed by atoms with Crippen LogP contribution in [-0.2, 0) is 21.4 Å². The van der Waals surface area contributed by atoms with Gasteiger partial charge in [0.25, 0.3) is 0 Å². The molecule has 0 bridgehead atoms. The van der Waals surface area contributed by atoms with Crippen molar-refractivity contribution in [2.45, 2.75) is 50.0 Å². The number of benzene rings is 2. The van der Waals surface area contributed by atoms with Crippen LogP contribution in [0.2, 0.25) is 0 Å². The highest BCUT2D eigenvalue weighted by molar-refractivity contribution is 6.10. The standard InChI is InChI=1S/C25H28N2O2/c1-27-21-10-6-5-9-20(21)25(24(27)29,15-17-7-3-2-4-8-17)16-22(28)26-23(18-11-12-18)19-13-14-19/h2-10,18-19,23H,11-16H2,1H3,(H,26,28). The van der Waals surface area contributed by atoms with Gasteiger partial charge in [0.05, 0.1) is 5.41 Å². The quantitative estimate of drug-likeness (QED) is 0.783. The Balaban J connectivity index is 1.47. The van der Waals surface area contributed by atoms with Crippen molar-refractivity contribution in [3.05, 3.63) is 65.7 Å². The molecule has 0 saturated heterocycles. The fourth-order valence-corrected chi connectivity index (χ4v) is 5.11. The van der Waals surface area contributed by atoms with Crippen LogP contribution in [0.1, 0.15) is 43.2 Å². The highest BCUT2D eigenvalue weighted by Crippen LogP contribution is 2.47. The Hall–Kier alpha value is -2.62.